The zero-order valence-electron chi connectivity index (χ0n) is 14.3. The molecule has 0 unspecified atom stereocenters. The van der Waals surface area contributed by atoms with Crippen molar-refractivity contribution in [3.63, 3.8) is 0 Å². The van der Waals surface area contributed by atoms with E-state index in [1.807, 2.05) is 0 Å². The van der Waals surface area contributed by atoms with E-state index in [0.717, 1.165) is 36.7 Å². The van der Waals surface area contributed by atoms with Gasteiger partial charge in [0.25, 0.3) is 0 Å². The summed E-state index contributed by atoms with van der Waals surface area (Å²) in [7, 11) is 0. The Bertz CT molecular complexity index is 617. The molecule has 1 N–H and O–H groups in total. The van der Waals surface area contributed by atoms with Crippen molar-refractivity contribution in [3.8, 4) is 18.1 Å². The number of terminal acetylenes is 1. The minimum atomic E-state index is -0.139. The van der Waals surface area contributed by atoms with E-state index < -0.39 is 0 Å². The highest BCUT2D eigenvalue weighted by Crippen LogP contribution is 2.46. The van der Waals surface area contributed by atoms with Gasteiger partial charge in [-0.05, 0) is 63.1 Å². The van der Waals surface area contributed by atoms with Gasteiger partial charge in [-0.2, -0.15) is 0 Å². The van der Waals surface area contributed by atoms with E-state index in [9.17, 15) is 0 Å². The summed E-state index contributed by atoms with van der Waals surface area (Å²) in [6.45, 7) is 10.9. The fourth-order valence-corrected chi connectivity index (χ4v) is 3.73. The topological polar surface area (TPSA) is 21.3 Å². The summed E-state index contributed by atoms with van der Waals surface area (Å²) in [6.07, 6.45) is 9.40. The standard InChI is InChI=1S/C20H27NO/c1-6-14-9-16(12-21-11-15-7-8-15)18-17(10-14)19(2,3)13-20(4,5)22-18/h1,9-10,15,21H,7-8,11-13H2,2-5H3. The van der Waals surface area contributed by atoms with Gasteiger partial charge in [0, 0.05) is 23.2 Å². The van der Waals surface area contributed by atoms with Gasteiger partial charge >= 0.3 is 0 Å². The molecule has 1 aromatic carbocycles. The summed E-state index contributed by atoms with van der Waals surface area (Å²) in [6, 6.07) is 4.24. The van der Waals surface area contributed by atoms with Crippen molar-refractivity contribution in [2.75, 3.05) is 6.54 Å². The zero-order chi connectivity index (χ0) is 16.0. The Kier molecular flexibility index (Phi) is 3.73. The summed E-state index contributed by atoms with van der Waals surface area (Å²) in [5, 5.41) is 3.57. The van der Waals surface area contributed by atoms with E-state index in [1.54, 1.807) is 0 Å². The van der Waals surface area contributed by atoms with E-state index >= 15 is 0 Å². The van der Waals surface area contributed by atoms with E-state index in [4.69, 9.17) is 11.2 Å². The quantitative estimate of drug-likeness (QED) is 0.848. The molecular formula is C20H27NO. The minimum absolute atomic E-state index is 0.0786. The molecule has 1 aliphatic heterocycles. The Morgan fingerprint density at radius 3 is 2.64 bits per heavy atom. The molecule has 0 spiro atoms. The van der Waals surface area contributed by atoms with E-state index in [0.29, 0.717) is 0 Å². The molecule has 22 heavy (non-hydrogen) atoms. The summed E-state index contributed by atoms with van der Waals surface area (Å²) in [5.74, 6) is 4.72. The van der Waals surface area contributed by atoms with Crippen LogP contribution in [0.2, 0.25) is 0 Å². The monoisotopic (exact) mass is 297 g/mol. The largest absolute Gasteiger partial charge is 0.487 e. The van der Waals surface area contributed by atoms with Gasteiger partial charge in [-0.1, -0.05) is 19.8 Å². The van der Waals surface area contributed by atoms with Crippen LogP contribution in [0.5, 0.6) is 5.75 Å². The zero-order valence-corrected chi connectivity index (χ0v) is 14.3. The Labute approximate surface area is 134 Å². The van der Waals surface area contributed by atoms with Crippen LogP contribution in [0, 0.1) is 18.3 Å². The number of benzene rings is 1. The predicted molar refractivity (Wildman–Crippen MR) is 91.2 cm³/mol. The van der Waals surface area contributed by atoms with Crippen molar-refractivity contribution >= 4 is 0 Å². The van der Waals surface area contributed by atoms with Crippen molar-refractivity contribution in [2.24, 2.45) is 5.92 Å². The molecule has 2 nitrogen and oxygen atoms in total. The number of ether oxygens (including phenoxy) is 1. The number of hydrogen-bond acceptors (Lipinski definition) is 2. The second kappa shape index (κ2) is 5.32. The van der Waals surface area contributed by atoms with Gasteiger partial charge in [-0.25, -0.2) is 0 Å². The minimum Gasteiger partial charge on any atom is -0.487 e. The predicted octanol–water partition coefficient (Wildman–Crippen LogP) is 4.01. The van der Waals surface area contributed by atoms with Gasteiger partial charge in [0.15, 0.2) is 0 Å². The fraction of sp³-hybridized carbons (Fsp3) is 0.600. The van der Waals surface area contributed by atoms with Crippen molar-refractivity contribution in [2.45, 2.75) is 64.5 Å². The summed E-state index contributed by atoms with van der Waals surface area (Å²) < 4.78 is 6.35. The number of nitrogens with one attached hydrogen (secondary N) is 1. The Morgan fingerprint density at radius 1 is 1.27 bits per heavy atom. The van der Waals surface area contributed by atoms with E-state index in [2.05, 4.69) is 51.1 Å². The van der Waals surface area contributed by atoms with Crippen LogP contribution in [-0.4, -0.2) is 12.1 Å². The second-order valence-corrected chi connectivity index (χ2v) is 8.15. The summed E-state index contributed by atoms with van der Waals surface area (Å²) in [5.41, 5.74) is 3.35. The van der Waals surface area contributed by atoms with Gasteiger partial charge in [-0.3, -0.25) is 0 Å². The molecular weight excluding hydrogens is 270 g/mol. The highest BCUT2D eigenvalue weighted by molar-refractivity contribution is 5.53. The Morgan fingerprint density at radius 2 is 2.00 bits per heavy atom. The molecule has 1 heterocycles. The molecule has 0 radical (unpaired) electrons. The van der Waals surface area contributed by atoms with Crippen LogP contribution >= 0.6 is 0 Å². The second-order valence-electron chi connectivity index (χ2n) is 8.15. The van der Waals surface area contributed by atoms with E-state index in [-0.39, 0.29) is 11.0 Å². The fourth-order valence-electron chi connectivity index (χ4n) is 3.73. The molecule has 3 rings (SSSR count). The van der Waals surface area contributed by atoms with Crippen LogP contribution in [-0.2, 0) is 12.0 Å². The highest BCUT2D eigenvalue weighted by Gasteiger charge is 2.40. The van der Waals surface area contributed by atoms with Gasteiger partial charge in [0.2, 0.25) is 0 Å². The lowest BCUT2D eigenvalue weighted by molar-refractivity contribution is 0.0520. The number of fused-ring (bicyclic) bond motifs is 1. The lowest BCUT2D eigenvalue weighted by Gasteiger charge is -2.43. The molecule has 2 heteroatoms. The molecule has 1 aromatic rings. The molecule has 0 atom stereocenters. The first kappa shape index (κ1) is 15.4. The summed E-state index contributed by atoms with van der Waals surface area (Å²) in [4.78, 5) is 0. The summed E-state index contributed by atoms with van der Waals surface area (Å²) >= 11 is 0. The Balaban J connectivity index is 1.96. The first-order valence-corrected chi connectivity index (χ1v) is 8.34. The number of hydrogen-bond donors (Lipinski definition) is 1. The van der Waals surface area contributed by atoms with Crippen molar-refractivity contribution in [1.82, 2.24) is 5.32 Å². The smallest absolute Gasteiger partial charge is 0.128 e. The third kappa shape index (κ3) is 3.15. The maximum Gasteiger partial charge on any atom is 0.128 e. The normalized spacial score (nSPS) is 21.6. The molecule has 1 aliphatic carbocycles. The van der Waals surface area contributed by atoms with Crippen LogP contribution in [0.25, 0.3) is 0 Å². The van der Waals surface area contributed by atoms with Gasteiger partial charge in [0.1, 0.15) is 11.4 Å². The van der Waals surface area contributed by atoms with E-state index in [1.165, 1.54) is 24.0 Å². The van der Waals surface area contributed by atoms with Gasteiger partial charge in [0.05, 0.1) is 0 Å². The molecule has 118 valence electrons. The molecule has 0 bridgehead atoms. The highest BCUT2D eigenvalue weighted by atomic mass is 16.5. The van der Waals surface area contributed by atoms with Gasteiger partial charge < -0.3 is 10.1 Å². The van der Waals surface area contributed by atoms with Crippen LogP contribution in [0.3, 0.4) is 0 Å². The van der Waals surface area contributed by atoms with Crippen LogP contribution in [0.1, 0.15) is 63.6 Å². The average Bonchev–Trinajstić information content (AvgIpc) is 3.21. The van der Waals surface area contributed by atoms with Crippen LogP contribution in [0.15, 0.2) is 12.1 Å². The van der Waals surface area contributed by atoms with Crippen molar-refractivity contribution < 1.29 is 4.74 Å². The van der Waals surface area contributed by atoms with Crippen LogP contribution in [0.4, 0.5) is 0 Å². The van der Waals surface area contributed by atoms with Crippen LogP contribution < -0.4 is 10.1 Å². The maximum absolute atomic E-state index is 6.35. The Hall–Kier alpha value is -1.46. The van der Waals surface area contributed by atoms with Crippen molar-refractivity contribution in [1.29, 1.82) is 0 Å². The molecule has 0 saturated heterocycles. The molecule has 2 aliphatic rings. The first-order valence-electron chi connectivity index (χ1n) is 8.34. The third-order valence-corrected chi connectivity index (χ3v) is 4.75. The number of rotatable bonds is 4. The lowest BCUT2D eigenvalue weighted by atomic mass is 9.72. The molecule has 1 fully saturated rings. The molecule has 0 amide bonds. The molecule has 0 aromatic heterocycles. The maximum atomic E-state index is 6.35. The first-order chi connectivity index (χ1) is 10.3. The SMILES string of the molecule is C#Cc1cc(CNCC2CC2)c2c(c1)C(C)(C)CC(C)(C)O2. The average molecular weight is 297 g/mol. The molecule has 1 saturated carbocycles. The van der Waals surface area contributed by atoms with Crippen molar-refractivity contribution in [3.05, 3.63) is 28.8 Å². The lowest BCUT2D eigenvalue weighted by Crippen LogP contribution is -2.42. The third-order valence-electron chi connectivity index (χ3n) is 4.75. The van der Waals surface area contributed by atoms with Gasteiger partial charge in [-0.15, -0.1) is 6.42 Å².